The van der Waals surface area contributed by atoms with Gasteiger partial charge in [-0.05, 0) is 26.3 Å². The molecule has 0 saturated carbocycles. The van der Waals surface area contributed by atoms with E-state index < -0.39 is 9.84 Å². The van der Waals surface area contributed by atoms with Gasteiger partial charge in [0.25, 0.3) is 0 Å². The second-order valence-corrected chi connectivity index (χ2v) is 8.44. The van der Waals surface area contributed by atoms with Crippen LogP contribution in [0.5, 0.6) is 0 Å². The van der Waals surface area contributed by atoms with Crippen LogP contribution < -0.4 is 5.32 Å². The summed E-state index contributed by atoms with van der Waals surface area (Å²) >= 11 is 0. The van der Waals surface area contributed by atoms with Crippen molar-refractivity contribution in [3.8, 4) is 0 Å². The summed E-state index contributed by atoms with van der Waals surface area (Å²) in [5.41, 5.74) is 3.45. The highest BCUT2D eigenvalue weighted by atomic mass is 32.2. The largest absolute Gasteiger partial charge is 0.348 e. The molecule has 0 spiro atoms. The number of amides is 1. The average Bonchev–Trinajstić information content (AvgIpc) is 2.40. The predicted molar refractivity (Wildman–Crippen MR) is 87.6 cm³/mol. The molecule has 2 rings (SSSR count). The summed E-state index contributed by atoms with van der Waals surface area (Å²) in [5, 5.41) is 2.99. The minimum Gasteiger partial charge on any atom is -0.348 e. The molecule has 1 N–H and O–H groups in total. The third kappa shape index (κ3) is 4.81. The van der Waals surface area contributed by atoms with Gasteiger partial charge in [-0.1, -0.05) is 29.3 Å². The van der Waals surface area contributed by atoms with E-state index >= 15 is 0 Å². The van der Waals surface area contributed by atoms with Crippen LogP contribution in [0.25, 0.3) is 0 Å². The molecule has 1 unspecified atom stereocenters. The van der Waals surface area contributed by atoms with Crippen molar-refractivity contribution in [2.45, 2.75) is 26.8 Å². The van der Waals surface area contributed by atoms with Crippen LogP contribution in [0.15, 0.2) is 18.2 Å². The first-order valence-electron chi connectivity index (χ1n) is 7.55. The zero-order valence-corrected chi connectivity index (χ0v) is 14.2. The molecular weight excluding hydrogens is 300 g/mol. The van der Waals surface area contributed by atoms with Crippen molar-refractivity contribution in [3.05, 3.63) is 34.9 Å². The number of hydrogen-bond donors (Lipinski definition) is 1. The molecule has 0 aromatic heterocycles. The monoisotopic (exact) mass is 324 g/mol. The Hall–Kier alpha value is -1.40. The first kappa shape index (κ1) is 17.0. The number of nitrogens with one attached hydrogen (secondary N) is 1. The molecule has 5 nitrogen and oxygen atoms in total. The maximum absolute atomic E-state index is 12.1. The average molecular weight is 324 g/mol. The lowest BCUT2D eigenvalue weighted by Crippen LogP contribution is -2.45. The summed E-state index contributed by atoms with van der Waals surface area (Å²) in [6.07, 6.45) is 0. The van der Waals surface area contributed by atoms with Crippen LogP contribution in [0.3, 0.4) is 0 Å². The molecule has 1 heterocycles. The van der Waals surface area contributed by atoms with E-state index in [2.05, 4.69) is 23.5 Å². The molecule has 122 valence electrons. The van der Waals surface area contributed by atoms with Gasteiger partial charge in [0.2, 0.25) is 5.91 Å². The molecular formula is C16H24N2O3S. The van der Waals surface area contributed by atoms with Gasteiger partial charge in [0, 0.05) is 13.1 Å². The van der Waals surface area contributed by atoms with E-state index in [9.17, 15) is 13.2 Å². The Balaban J connectivity index is 1.89. The molecule has 1 aromatic carbocycles. The molecule has 1 amide bonds. The van der Waals surface area contributed by atoms with Crippen LogP contribution in [0.4, 0.5) is 0 Å². The zero-order chi connectivity index (χ0) is 16.3. The summed E-state index contributed by atoms with van der Waals surface area (Å²) in [5.74, 6) is 0.228. The highest BCUT2D eigenvalue weighted by Crippen LogP contribution is 2.16. The van der Waals surface area contributed by atoms with Gasteiger partial charge in [-0.2, -0.15) is 0 Å². The van der Waals surface area contributed by atoms with Gasteiger partial charge in [-0.25, -0.2) is 8.42 Å². The summed E-state index contributed by atoms with van der Waals surface area (Å²) in [6, 6.07) is 6.20. The number of rotatable bonds is 4. The maximum Gasteiger partial charge on any atom is 0.234 e. The standard InChI is InChI=1S/C16H24N2O3S/c1-12-8-13(2)10-15(9-12)14(3)17-16(19)11-18-4-6-22(20,21)7-5-18/h8-10,14H,4-7,11H2,1-3H3,(H,17,19). The van der Waals surface area contributed by atoms with Crippen LogP contribution in [-0.4, -0.2) is 50.4 Å². The second kappa shape index (κ2) is 6.79. The molecule has 22 heavy (non-hydrogen) atoms. The smallest absolute Gasteiger partial charge is 0.234 e. The van der Waals surface area contributed by atoms with Crippen molar-refractivity contribution in [2.24, 2.45) is 0 Å². The highest BCUT2D eigenvalue weighted by molar-refractivity contribution is 7.91. The van der Waals surface area contributed by atoms with Crippen LogP contribution in [0, 0.1) is 13.8 Å². The van der Waals surface area contributed by atoms with Crippen LogP contribution in [0.2, 0.25) is 0 Å². The molecule has 1 aromatic rings. The van der Waals surface area contributed by atoms with E-state index in [4.69, 9.17) is 0 Å². The Morgan fingerprint density at radius 3 is 2.27 bits per heavy atom. The summed E-state index contributed by atoms with van der Waals surface area (Å²) in [7, 11) is -2.90. The number of benzene rings is 1. The molecule has 0 radical (unpaired) electrons. The number of carbonyl (C=O) groups excluding carboxylic acids is 1. The fraction of sp³-hybridized carbons (Fsp3) is 0.562. The van der Waals surface area contributed by atoms with Crippen molar-refractivity contribution in [1.82, 2.24) is 10.2 Å². The number of sulfone groups is 1. The van der Waals surface area contributed by atoms with Crippen molar-refractivity contribution in [1.29, 1.82) is 0 Å². The van der Waals surface area contributed by atoms with Crippen molar-refractivity contribution in [3.63, 3.8) is 0 Å². The third-order valence-electron chi connectivity index (χ3n) is 3.93. The first-order chi connectivity index (χ1) is 10.2. The summed E-state index contributed by atoms with van der Waals surface area (Å²) in [4.78, 5) is 14.0. The van der Waals surface area contributed by atoms with Crippen molar-refractivity contribution >= 4 is 15.7 Å². The molecule has 1 aliphatic rings. The number of aryl methyl sites for hydroxylation is 2. The number of hydrogen-bond acceptors (Lipinski definition) is 4. The van der Waals surface area contributed by atoms with Crippen LogP contribution in [0.1, 0.15) is 29.7 Å². The summed E-state index contributed by atoms with van der Waals surface area (Å²) in [6.45, 7) is 7.18. The topological polar surface area (TPSA) is 66.5 Å². The third-order valence-corrected chi connectivity index (χ3v) is 5.53. The number of carbonyl (C=O) groups is 1. The Labute approximate surface area is 132 Å². The first-order valence-corrected chi connectivity index (χ1v) is 9.38. The van der Waals surface area contributed by atoms with Gasteiger partial charge < -0.3 is 5.32 Å². The highest BCUT2D eigenvalue weighted by Gasteiger charge is 2.23. The predicted octanol–water partition coefficient (Wildman–Crippen LogP) is 1.21. The fourth-order valence-electron chi connectivity index (χ4n) is 2.74. The quantitative estimate of drug-likeness (QED) is 0.904. The maximum atomic E-state index is 12.1. The Bertz CT molecular complexity index is 621. The van der Waals surface area contributed by atoms with Gasteiger partial charge in [-0.3, -0.25) is 9.69 Å². The normalized spacial score (nSPS) is 19.6. The van der Waals surface area contributed by atoms with Crippen molar-refractivity contribution in [2.75, 3.05) is 31.1 Å². The minimum atomic E-state index is -2.90. The number of nitrogens with zero attached hydrogens (tertiary/aromatic N) is 1. The molecule has 6 heteroatoms. The SMILES string of the molecule is Cc1cc(C)cc(C(C)NC(=O)CN2CCS(=O)(=O)CC2)c1. The van der Waals surface area contributed by atoms with Crippen LogP contribution in [-0.2, 0) is 14.6 Å². The van der Waals surface area contributed by atoms with E-state index in [0.717, 1.165) is 5.56 Å². The van der Waals surface area contributed by atoms with Gasteiger partial charge in [0.1, 0.15) is 0 Å². The zero-order valence-electron chi connectivity index (χ0n) is 13.4. The molecule has 1 aliphatic heterocycles. The van der Waals surface area contributed by atoms with E-state index in [0.29, 0.717) is 13.1 Å². The van der Waals surface area contributed by atoms with E-state index in [-0.39, 0.29) is 30.0 Å². The lowest BCUT2D eigenvalue weighted by molar-refractivity contribution is -0.122. The van der Waals surface area contributed by atoms with Crippen LogP contribution >= 0.6 is 0 Å². The lowest BCUT2D eigenvalue weighted by atomic mass is 10.0. The van der Waals surface area contributed by atoms with Gasteiger partial charge in [-0.15, -0.1) is 0 Å². The van der Waals surface area contributed by atoms with E-state index in [1.165, 1.54) is 11.1 Å². The lowest BCUT2D eigenvalue weighted by Gasteiger charge is -2.26. The van der Waals surface area contributed by atoms with Crippen molar-refractivity contribution < 1.29 is 13.2 Å². The minimum absolute atomic E-state index is 0.0559. The van der Waals surface area contributed by atoms with Gasteiger partial charge in [0.15, 0.2) is 9.84 Å². The Morgan fingerprint density at radius 2 is 1.73 bits per heavy atom. The van der Waals surface area contributed by atoms with E-state index in [1.807, 2.05) is 25.7 Å². The Kier molecular flexibility index (Phi) is 5.24. The molecule has 1 fully saturated rings. The second-order valence-electron chi connectivity index (χ2n) is 6.14. The van der Waals surface area contributed by atoms with E-state index in [1.54, 1.807) is 0 Å². The van der Waals surface area contributed by atoms with Gasteiger partial charge >= 0.3 is 0 Å². The van der Waals surface area contributed by atoms with Gasteiger partial charge in [0.05, 0.1) is 24.1 Å². The molecule has 1 saturated heterocycles. The molecule has 1 atom stereocenters. The molecule has 0 aliphatic carbocycles. The Morgan fingerprint density at radius 1 is 1.18 bits per heavy atom. The summed E-state index contributed by atoms with van der Waals surface area (Å²) < 4.78 is 22.8. The molecule has 0 bridgehead atoms. The fourth-order valence-corrected chi connectivity index (χ4v) is 4.02.